The van der Waals surface area contributed by atoms with Gasteiger partial charge in [0, 0.05) is 19.6 Å². The Morgan fingerprint density at radius 3 is 2.56 bits per heavy atom. The lowest BCUT2D eigenvalue weighted by atomic mass is 10.0. The molecule has 1 aliphatic rings. The van der Waals surface area contributed by atoms with Crippen molar-refractivity contribution in [3.05, 3.63) is 22.8 Å². The average Bonchev–Trinajstić information content (AvgIpc) is 2.86. The molecule has 0 bridgehead atoms. The SMILES string of the molecule is COc1c(C)c(C)cc(C)c1N(C)C1CCNC1. The second kappa shape index (κ2) is 5.19. The van der Waals surface area contributed by atoms with E-state index in [1.165, 1.54) is 28.8 Å². The summed E-state index contributed by atoms with van der Waals surface area (Å²) in [6.45, 7) is 8.63. The molecule has 1 aromatic rings. The second-order valence-electron chi connectivity index (χ2n) is 5.27. The maximum Gasteiger partial charge on any atom is 0.145 e. The van der Waals surface area contributed by atoms with E-state index in [0.717, 1.165) is 18.8 Å². The van der Waals surface area contributed by atoms with E-state index < -0.39 is 0 Å². The minimum absolute atomic E-state index is 0.569. The van der Waals surface area contributed by atoms with E-state index in [9.17, 15) is 0 Å². The fourth-order valence-electron chi connectivity index (χ4n) is 2.88. The number of methoxy groups -OCH3 is 1. The van der Waals surface area contributed by atoms with Crippen molar-refractivity contribution in [2.75, 3.05) is 32.1 Å². The molecule has 100 valence electrons. The van der Waals surface area contributed by atoms with Gasteiger partial charge in [-0.25, -0.2) is 0 Å². The molecule has 2 rings (SSSR count). The van der Waals surface area contributed by atoms with E-state index in [2.05, 4.69) is 44.1 Å². The summed E-state index contributed by atoms with van der Waals surface area (Å²) in [4.78, 5) is 2.38. The highest BCUT2D eigenvalue weighted by molar-refractivity contribution is 5.68. The molecule has 1 aliphatic heterocycles. The Bertz CT molecular complexity index is 437. The van der Waals surface area contributed by atoms with E-state index in [4.69, 9.17) is 4.74 Å². The molecule has 3 nitrogen and oxygen atoms in total. The molecular weight excluding hydrogens is 224 g/mol. The Kier molecular flexibility index (Phi) is 3.81. The lowest BCUT2D eigenvalue weighted by molar-refractivity contribution is 0.410. The van der Waals surface area contributed by atoms with E-state index in [1.807, 2.05) is 0 Å². The molecule has 1 atom stereocenters. The molecule has 0 saturated carbocycles. The number of likely N-dealkylation sites (N-methyl/N-ethyl adjacent to an activating group) is 1. The van der Waals surface area contributed by atoms with Crippen molar-refractivity contribution >= 4 is 5.69 Å². The van der Waals surface area contributed by atoms with Crippen molar-refractivity contribution in [3.8, 4) is 5.75 Å². The van der Waals surface area contributed by atoms with Gasteiger partial charge in [0.1, 0.15) is 5.75 Å². The van der Waals surface area contributed by atoms with Crippen LogP contribution in [0.3, 0.4) is 0 Å². The summed E-state index contributed by atoms with van der Waals surface area (Å²) >= 11 is 0. The maximum absolute atomic E-state index is 5.66. The lowest BCUT2D eigenvalue weighted by Gasteiger charge is -2.30. The number of nitrogens with one attached hydrogen (secondary N) is 1. The molecule has 1 N–H and O–H groups in total. The van der Waals surface area contributed by atoms with Crippen molar-refractivity contribution < 1.29 is 4.74 Å². The van der Waals surface area contributed by atoms with Crippen LogP contribution in [-0.4, -0.2) is 33.3 Å². The van der Waals surface area contributed by atoms with Crippen LogP contribution in [0, 0.1) is 20.8 Å². The monoisotopic (exact) mass is 248 g/mol. The Morgan fingerprint density at radius 2 is 2.00 bits per heavy atom. The summed E-state index contributed by atoms with van der Waals surface area (Å²) in [6.07, 6.45) is 1.20. The third-order valence-electron chi connectivity index (χ3n) is 4.09. The molecule has 1 unspecified atom stereocenters. The van der Waals surface area contributed by atoms with Gasteiger partial charge in [0.05, 0.1) is 12.8 Å². The van der Waals surface area contributed by atoms with Crippen molar-refractivity contribution in [1.29, 1.82) is 0 Å². The molecule has 0 aliphatic carbocycles. The highest BCUT2D eigenvalue weighted by Crippen LogP contribution is 2.37. The van der Waals surface area contributed by atoms with Crippen molar-refractivity contribution in [1.82, 2.24) is 5.32 Å². The molecular formula is C15H24N2O. The molecule has 18 heavy (non-hydrogen) atoms. The van der Waals surface area contributed by atoms with Gasteiger partial charge in [-0.05, 0) is 50.4 Å². The first-order valence-corrected chi connectivity index (χ1v) is 6.64. The first-order valence-electron chi connectivity index (χ1n) is 6.64. The van der Waals surface area contributed by atoms with Gasteiger partial charge in [0.15, 0.2) is 0 Å². The predicted octanol–water partition coefficient (Wildman–Crippen LogP) is 2.42. The van der Waals surface area contributed by atoms with Gasteiger partial charge in [0.25, 0.3) is 0 Å². The van der Waals surface area contributed by atoms with Crippen LogP contribution in [0.2, 0.25) is 0 Å². The minimum atomic E-state index is 0.569. The largest absolute Gasteiger partial charge is 0.494 e. The smallest absolute Gasteiger partial charge is 0.145 e. The number of hydrogen-bond donors (Lipinski definition) is 1. The number of aryl methyl sites for hydroxylation is 2. The molecule has 1 saturated heterocycles. The quantitative estimate of drug-likeness (QED) is 0.889. The first kappa shape index (κ1) is 13.2. The van der Waals surface area contributed by atoms with E-state index in [-0.39, 0.29) is 0 Å². The lowest BCUT2D eigenvalue weighted by Crippen LogP contribution is -2.34. The van der Waals surface area contributed by atoms with Crippen LogP contribution in [0.5, 0.6) is 5.75 Å². The van der Waals surface area contributed by atoms with Gasteiger partial charge in [0.2, 0.25) is 0 Å². The van der Waals surface area contributed by atoms with Crippen molar-refractivity contribution in [2.24, 2.45) is 0 Å². The number of benzene rings is 1. The minimum Gasteiger partial charge on any atom is -0.494 e. The van der Waals surface area contributed by atoms with Crippen LogP contribution in [0.15, 0.2) is 6.07 Å². The molecule has 3 heteroatoms. The Balaban J connectivity index is 2.45. The predicted molar refractivity (Wildman–Crippen MR) is 76.9 cm³/mol. The van der Waals surface area contributed by atoms with Crippen LogP contribution in [-0.2, 0) is 0 Å². The van der Waals surface area contributed by atoms with Crippen LogP contribution in [0.4, 0.5) is 5.69 Å². The van der Waals surface area contributed by atoms with Gasteiger partial charge >= 0.3 is 0 Å². The zero-order valence-corrected chi connectivity index (χ0v) is 12.1. The Labute approximate surface area is 110 Å². The van der Waals surface area contributed by atoms with E-state index in [1.54, 1.807) is 7.11 Å². The summed E-state index contributed by atoms with van der Waals surface area (Å²) in [5.74, 6) is 1.03. The highest BCUT2D eigenvalue weighted by Gasteiger charge is 2.24. The molecule has 1 heterocycles. The fraction of sp³-hybridized carbons (Fsp3) is 0.600. The topological polar surface area (TPSA) is 24.5 Å². The molecule has 1 fully saturated rings. The summed E-state index contributed by atoms with van der Waals surface area (Å²) < 4.78 is 5.66. The van der Waals surface area contributed by atoms with E-state index in [0.29, 0.717) is 6.04 Å². The summed E-state index contributed by atoms with van der Waals surface area (Å²) in [5.41, 5.74) is 5.08. The van der Waals surface area contributed by atoms with Crippen LogP contribution >= 0.6 is 0 Å². The zero-order valence-electron chi connectivity index (χ0n) is 12.1. The Morgan fingerprint density at radius 1 is 1.28 bits per heavy atom. The standard InChI is InChI=1S/C15H24N2O/c1-10-8-11(2)14(15(18-5)12(10)3)17(4)13-6-7-16-9-13/h8,13,16H,6-7,9H2,1-5H3. The summed E-state index contributed by atoms with van der Waals surface area (Å²) in [7, 11) is 3.95. The normalized spacial score (nSPS) is 19.1. The molecule has 1 aromatic carbocycles. The summed E-state index contributed by atoms with van der Waals surface area (Å²) in [6, 6.07) is 2.83. The van der Waals surface area contributed by atoms with Gasteiger partial charge in [-0.15, -0.1) is 0 Å². The van der Waals surface area contributed by atoms with Crippen molar-refractivity contribution in [2.45, 2.75) is 33.2 Å². The molecule has 0 spiro atoms. The van der Waals surface area contributed by atoms with E-state index >= 15 is 0 Å². The molecule has 0 radical (unpaired) electrons. The second-order valence-corrected chi connectivity index (χ2v) is 5.27. The number of nitrogens with zero attached hydrogens (tertiary/aromatic N) is 1. The highest BCUT2D eigenvalue weighted by atomic mass is 16.5. The average molecular weight is 248 g/mol. The molecule has 0 amide bonds. The maximum atomic E-state index is 5.66. The number of rotatable bonds is 3. The third kappa shape index (κ3) is 2.19. The van der Waals surface area contributed by atoms with Crippen molar-refractivity contribution in [3.63, 3.8) is 0 Å². The van der Waals surface area contributed by atoms with Gasteiger partial charge < -0.3 is 15.0 Å². The number of anilines is 1. The molecule has 0 aromatic heterocycles. The van der Waals surface area contributed by atoms with Crippen LogP contribution in [0.25, 0.3) is 0 Å². The van der Waals surface area contributed by atoms with Crippen LogP contribution in [0.1, 0.15) is 23.1 Å². The Hall–Kier alpha value is -1.22. The van der Waals surface area contributed by atoms with Crippen LogP contribution < -0.4 is 15.0 Å². The fourth-order valence-corrected chi connectivity index (χ4v) is 2.88. The zero-order chi connectivity index (χ0) is 13.3. The van der Waals surface area contributed by atoms with Gasteiger partial charge in [-0.2, -0.15) is 0 Å². The number of hydrogen-bond acceptors (Lipinski definition) is 3. The third-order valence-corrected chi connectivity index (χ3v) is 4.09. The summed E-state index contributed by atoms with van der Waals surface area (Å²) in [5, 5.41) is 3.42. The first-order chi connectivity index (χ1) is 8.56. The van der Waals surface area contributed by atoms with Gasteiger partial charge in [-0.1, -0.05) is 6.07 Å². The number of ether oxygens (including phenoxy) is 1. The van der Waals surface area contributed by atoms with Gasteiger partial charge in [-0.3, -0.25) is 0 Å².